The third-order valence-corrected chi connectivity index (χ3v) is 5.01. The van der Waals surface area contributed by atoms with E-state index in [1.165, 1.54) is 0 Å². The van der Waals surface area contributed by atoms with Crippen molar-refractivity contribution in [3.63, 3.8) is 0 Å². The molecule has 18 heavy (non-hydrogen) atoms. The molecule has 1 aliphatic rings. The van der Waals surface area contributed by atoms with Gasteiger partial charge in [0.05, 0.1) is 10.4 Å². The Labute approximate surface area is 126 Å². The lowest BCUT2D eigenvalue weighted by molar-refractivity contribution is -0.154. The Morgan fingerprint density at radius 2 is 2.00 bits per heavy atom. The summed E-state index contributed by atoms with van der Waals surface area (Å²) >= 11 is 24.1. The molecule has 0 spiro atoms. The highest BCUT2D eigenvalue weighted by molar-refractivity contribution is 6.42. The van der Waals surface area contributed by atoms with Crippen LogP contribution in [-0.2, 0) is 0 Å². The largest absolute Gasteiger partial charge is 0.459 e. The van der Waals surface area contributed by atoms with E-state index in [0.29, 0.717) is 17.2 Å². The van der Waals surface area contributed by atoms with Crippen LogP contribution in [0.1, 0.15) is 19.3 Å². The van der Waals surface area contributed by atoms with Gasteiger partial charge in [0.25, 0.3) is 0 Å². The molecule has 100 valence electrons. The first-order valence-corrected chi connectivity index (χ1v) is 7.20. The topological polar surface area (TPSA) is 29.5 Å². The van der Waals surface area contributed by atoms with E-state index in [9.17, 15) is 5.11 Å². The minimum atomic E-state index is -1.51. The molecule has 2 nitrogen and oxygen atoms in total. The summed E-state index contributed by atoms with van der Waals surface area (Å²) in [6, 6.07) is 4.97. The van der Waals surface area contributed by atoms with Gasteiger partial charge >= 0.3 is 0 Å². The van der Waals surface area contributed by atoms with Crippen LogP contribution >= 0.6 is 46.4 Å². The van der Waals surface area contributed by atoms with Gasteiger partial charge in [-0.25, -0.2) is 0 Å². The first kappa shape index (κ1) is 14.5. The Kier molecular flexibility index (Phi) is 4.56. The Bertz CT molecular complexity index is 440. The molecular formula is C12H12Cl4O2. The molecule has 1 fully saturated rings. The second kappa shape index (κ2) is 5.64. The van der Waals surface area contributed by atoms with Crippen LogP contribution in [0, 0.1) is 0 Å². The number of benzene rings is 1. The zero-order valence-electron chi connectivity index (χ0n) is 9.38. The van der Waals surface area contributed by atoms with Crippen LogP contribution in [0.4, 0.5) is 0 Å². The number of hydrogen-bond donors (Lipinski definition) is 1. The monoisotopic (exact) mass is 328 g/mol. The fourth-order valence-electron chi connectivity index (χ4n) is 1.98. The molecule has 1 aromatic rings. The van der Waals surface area contributed by atoms with Gasteiger partial charge in [-0.2, -0.15) is 0 Å². The van der Waals surface area contributed by atoms with Crippen molar-refractivity contribution in [3.8, 4) is 5.75 Å². The first-order chi connectivity index (χ1) is 8.44. The molecule has 1 aliphatic carbocycles. The van der Waals surface area contributed by atoms with Crippen molar-refractivity contribution in [3.05, 3.63) is 28.2 Å². The average molecular weight is 330 g/mol. The lowest BCUT2D eigenvalue weighted by Gasteiger charge is -2.39. The highest BCUT2D eigenvalue weighted by atomic mass is 35.5. The Morgan fingerprint density at radius 3 is 2.72 bits per heavy atom. The summed E-state index contributed by atoms with van der Waals surface area (Å²) in [6.45, 7) is 0. The van der Waals surface area contributed by atoms with Crippen LogP contribution in [0.5, 0.6) is 5.75 Å². The number of ether oxygens (including phenoxy) is 1. The van der Waals surface area contributed by atoms with Crippen molar-refractivity contribution in [1.29, 1.82) is 0 Å². The molecule has 0 aliphatic heterocycles. The molecule has 0 amide bonds. The number of hydrogen-bond acceptors (Lipinski definition) is 2. The van der Waals surface area contributed by atoms with Gasteiger partial charge in [0.2, 0.25) is 5.79 Å². The van der Waals surface area contributed by atoms with E-state index < -0.39 is 11.2 Å². The molecule has 6 heteroatoms. The minimum Gasteiger partial charge on any atom is -0.459 e. The van der Waals surface area contributed by atoms with Crippen LogP contribution < -0.4 is 4.74 Å². The fourth-order valence-corrected chi connectivity index (χ4v) is 2.94. The lowest BCUT2D eigenvalue weighted by atomic mass is 9.93. The maximum atomic E-state index is 10.4. The van der Waals surface area contributed by atoms with Crippen molar-refractivity contribution in [2.24, 2.45) is 0 Å². The van der Waals surface area contributed by atoms with Crippen molar-refractivity contribution < 1.29 is 9.84 Å². The van der Waals surface area contributed by atoms with Crippen LogP contribution in [0.3, 0.4) is 0 Å². The number of rotatable bonds is 2. The van der Waals surface area contributed by atoms with Crippen molar-refractivity contribution in [2.45, 2.75) is 35.8 Å². The van der Waals surface area contributed by atoms with Gasteiger partial charge in [-0.3, -0.25) is 0 Å². The second-order valence-electron chi connectivity index (χ2n) is 4.31. The zero-order chi connectivity index (χ0) is 13.3. The average Bonchev–Trinajstić information content (AvgIpc) is 2.32. The highest BCUT2D eigenvalue weighted by Crippen LogP contribution is 2.40. The molecule has 0 radical (unpaired) electrons. The molecule has 0 saturated heterocycles. The third-order valence-electron chi connectivity index (χ3n) is 2.97. The third kappa shape index (κ3) is 2.83. The summed E-state index contributed by atoms with van der Waals surface area (Å²) in [5.41, 5.74) is 0. The van der Waals surface area contributed by atoms with Gasteiger partial charge in [0.15, 0.2) is 0 Å². The summed E-state index contributed by atoms with van der Waals surface area (Å²) in [5.74, 6) is -1.20. The highest BCUT2D eigenvalue weighted by Gasteiger charge is 2.45. The normalized spacial score (nSPS) is 32.3. The lowest BCUT2D eigenvalue weighted by Crippen LogP contribution is -2.51. The Balaban J connectivity index is 2.24. The number of halogens is 4. The molecule has 0 bridgehead atoms. The molecule has 3 atom stereocenters. The quantitative estimate of drug-likeness (QED) is 0.641. The summed E-state index contributed by atoms with van der Waals surface area (Å²) in [5, 5.41) is 10.0. The number of alkyl halides is 2. The Hall–Kier alpha value is 0.140. The van der Waals surface area contributed by atoms with E-state index in [2.05, 4.69) is 0 Å². The summed E-state index contributed by atoms with van der Waals surface area (Å²) in [6.07, 6.45) is 1.91. The van der Waals surface area contributed by atoms with E-state index in [4.69, 9.17) is 51.1 Å². The molecular weight excluding hydrogens is 318 g/mol. The predicted molar refractivity (Wildman–Crippen MR) is 75.2 cm³/mol. The molecule has 1 N–H and O–H groups in total. The van der Waals surface area contributed by atoms with Crippen molar-refractivity contribution in [2.75, 3.05) is 0 Å². The van der Waals surface area contributed by atoms with Gasteiger partial charge in [-0.1, -0.05) is 29.3 Å². The van der Waals surface area contributed by atoms with E-state index in [0.717, 1.165) is 12.8 Å². The van der Waals surface area contributed by atoms with Crippen LogP contribution in [-0.4, -0.2) is 21.6 Å². The van der Waals surface area contributed by atoms with Gasteiger partial charge in [0.1, 0.15) is 16.1 Å². The molecule has 3 unspecified atom stereocenters. The SMILES string of the molecule is OC1(Oc2cccc(Cl)c2Cl)CCCC(Cl)C1Cl. The zero-order valence-corrected chi connectivity index (χ0v) is 12.4. The summed E-state index contributed by atoms with van der Waals surface area (Å²) in [7, 11) is 0. The van der Waals surface area contributed by atoms with E-state index >= 15 is 0 Å². The number of aliphatic hydroxyl groups is 1. The van der Waals surface area contributed by atoms with Crippen molar-refractivity contribution >= 4 is 46.4 Å². The standard InChI is InChI=1S/C12H12Cl4O2/c13-7-3-1-5-9(10(7)15)18-12(17)6-2-4-8(14)11(12)16/h1,3,5,8,11,17H,2,4,6H2. The van der Waals surface area contributed by atoms with Gasteiger partial charge in [0, 0.05) is 6.42 Å². The molecule has 1 aromatic carbocycles. The maximum Gasteiger partial charge on any atom is 0.226 e. The van der Waals surface area contributed by atoms with Gasteiger partial charge < -0.3 is 9.84 Å². The second-order valence-corrected chi connectivity index (χ2v) is 6.12. The predicted octanol–water partition coefficient (Wildman–Crippen LogP) is 4.46. The van der Waals surface area contributed by atoms with E-state index in [1.54, 1.807) is 18.2 Å². The molecule has 1 saturated carbocycles. The molecule has 0 aromatic heterocycles. The van der Waals surface area contributed by atoms with Crippen LogP contribution in [0.15, 0.2) is 18.2 Å². The van der Waals surface area contributed by atoms with E-state index in [-0.39, 0.29) is 10.4 Å². The maximum absolute atomic E-state index is 10.4. The Morgan fingerprint density at radius 1 is 1.28 bits per heavy atom. The summed E-state index contributed by atoms with van der Waals surface area (Å²) < 4.78 is 5.56. The van der Waals surface area contributed by atoms with E-state index in [1.807, 2.05) is 0 Å². The summed E-state index contributed by atoms with van der Waals surface area (Å²) in [4.78, 5) is 0. The first-order valence-electron chi connectivity index (χ1n) is 5.57. The smallest absolute Gasteiger partial charge is 0.226 e. The van der Waals surface area contributed by atoms with Gasteiger partial charge in [-0.15, -0.1) is 23.2 Å². The van der Waals surface area contributed by atoms with Crippen LogP contribution in [0.2, 0.25) is 10.0 Å². The van der Waals surface area contributed by atoms with Crippen LogP contribution in [0.25, 0.3) is 0 Å². The minimum absolute atomic E-state index is 0.258. The molecule has 2 rings (SSSR count). The molecule has 0 heterocycles. The van der Waals surface area contributed by atoms with Gasteiger partial charge in [-0.05, 0) is 25.0 Å². The fraction of sp³-hybridized carbons (Fsp3) is 0.500. The van der Waals surface area contributed by atoms with Crippen molar-refractivity contribution in [1.82, 2.24) is 0 Å².